The first kappa shape index (κ1) is 12.6. The van der Waals surface area contributed by atoms with Crippen LogP contribution in [0.25, 0.3) is 0 Å². The predicted molar refractivity (Wildman–Crippen MR) is 73.9 cm³/mol. The number of thiophene rings is 1. The Morgan fingerprint density at radius 3 is 2.75 bits per heavy atom. The zero-order chi connectivity index (χ0) is 11.6. The molecule has 4 heteroatoms. The number of hydrogen-bond acceptors (Lipinski definition) is 3. The van der Waals surface area contributed by atoms with Gasteiger partial charge in [0, 0.05) is 18.0 Å². The summed E-state index contributed by atoms with van der Waals surface area (Å²) < 4.78 is 1.23. The molecule has 0 aliphatic heterocycles. The van der Waals surface area contributed by atoms with Crippen LogP contribution < -0.4 is 5.73 Å². The Morgan fingerprint density at radius 1 is 1.50 bits per heavy atom. The van der Waals surface area contributed by atoms with E-state index in [1.165, 1.54) is 21.5 Å². The van der Waals surface area contributed by atoms with Crippen molar-refractivity contribution in [2.75, 3.05) is 26.7 Å². The normalized spacial score (nSPS) is 18.0. The largest absolute Gasteiger partial charge is 0.330 e. The molecule has 1 aromatic rings. The maximum absolute atomic E-state index is 5.80. The lowest BCUT2D eigenvalue weighted by Crippen LogP contribution is -2.32. The number of rotatable bonds is 6. The van der Waals surface area contributed by atoms with E-state index in [9.17, 15) is 0 Å². The summed E-state index contributed by atoms with van der Waals surface area (Å²) in [5.41, 5.74) is 6.26. The lowest BCUT2D eigenvalue weighted by Gasteiger charge is -2.22. The SMILES string of the molecule is CN(CCc1ccc(Br)s1)CC1(CN)CC1. The summed E-state index contributed by atoms with van der Waals surface area (Å²) in [7, 11) is 2.21. The van der Waals surface area contributed by atoms with E-state index in [0.717, 1.165) is 26.1 Å². The number of nitrogens with two attached hydrogens (primary N) is 1. The third kappa shape index (κ3) is 3.29. The second-order valence-electron chi connectivity index (χ2n) is 4.90. The molecule has 0 aromatic carbocycles. The summed E-state index contributed by atoms with van der Waals surface area (Å²) in [6, 6.07) is 4.33. The Kier molecular flexibility index (Phi) is 4.06. The number of likely N-dealkylation sites (N-methyl/N-ethyl adjacent to an activating group) is 1. The molecule has 1 saturated carbocycles. The lowest BCUT2D eigenvalue weighted by atomic mass is 10.1. The topological polar surface area (TPSA) is 29.3 Å². The van der Waals surface area contributed by atoms with Gasteiger partial charge in [-0.25, -0.2) is 0 Å². The predicted octanol–water partition coefficient (Wildman–Crippen LogP) is 2.72. The summed E-state index contributed by atoms with van der Waals surface area (Å²) in [5.74, 6) is 0. The Balaban J connectivity index is 1.73. The highest BCUT2D eigenvalue weighted by Gasteiger charge is 2.41. The molecule has 2 rings (SSSR count). The minimum Gasteiger partial charge on any atom is -0.330 e. The van der Waals surface area contributed by atoms with Gasteiger partial charge in [-0.2, -0.15) is 0 Å². The average Bonchev–Trinajstić information content (AvgIpc) is 2.91. The van der Waals surface area contributed by atoms with Crippen molar-refractivity contribution in [3.63, 3.8) is 0 Å². The summed E-state index contributed by atoms with van der Waals surface area (Å²) in [6.45, 7) is 3.15. The quantitative estimate of drug-likeness (QED) is 0.875. The van der Waals surface area contributed by atoms with E-state index in [0.29, 0.717) is 5.41 Å². The van der Waals surface area contributed by atoms with E-state index in [-0.39, 0.29) is 0 Å². The van der Waals surface area contributed by atoms with Gasteiger partial charge in [-0.05, 0) is 66.3 Å². The van der Waals surface area contributed by atoms with Crippen molar-refractivity contribution in [3.8, 4) is 0 Å². The second kappa shape index (κ2) is 5.17. The third-order valence-corrected chi connectivity index (χ3v) is 5.05. The monoisotopic (exact) mass is 302 g/mol. The Labute approximate surface area is 110 Å². The zero-order valence-corrected chi connectivity index (χ0v) is 12.1. The first-order valence-corrected chi connectivity index (χ1v) is 7.37. The van der Waals surface area contributed by atoms with Gasteiger partial charge in [-0.3, -0.25) is 0 Å². The van der Waals surface area contributed by atoms with Gasteiger partial charge in [0.25, 0.3) is 0 Å². The van der Waals surface area contributed by atoms with E-state index in [2.05, 4.69) is 40.0 Å². The summed E-state index contributed by atoms with van der Waals surface area (Å²) >= 11 is 5.33. The molecule has 1 aromatic heterocycles. The number of halogens is 1. The van der Waals surface area contributed by atoms with Gasteiger partial charge >= 0.3 is 0 Å². The molecule has 1 aliphatic rings. The Hall–Kier alpha value is 0.1000. The first-order chi connectivity index (χ1) is 7.63. The van der Waals surface area contributed by atoms with Crippen LogP contribution in [-0.4, -0.2) is 31.6 Å². The van der Waals surface area contributed by atoms with Gasteiger partial charge in [0.05, 0.1) is 3.79 Å². The molecule has 90 valence electrons. The van der Waals surface area contributed by atoms with Crippen LogP contribution in [-0.2, 0) is 6.42 Å². The van der Waals surface area contributed by atoms with E-state index >= 15 is 0 Å². The highest BCUT2D eigenvalue weighted by Crippen LogP contribution is 2.44. The molecule has 0 saturated heterocycles. The fraction of sp³-hybridized carbons (Fsp3) is 0.667. The van der Waals surface area contributed by atoms with Gasteiger partial charge in [0.15, 0.2) is 0 Å². The maximum atomic E-state index is 5.80. The molecule has 0 bridgehead atoms. The summed E-state index contributed by atoms with van der Waals surface area (Å²) in [5, 5.41) is 0. The van der Waals surface area contributed by atoms with Crippen LogP contribution in [0.2, 0.25) is 0 Å². The van der Waals surface area contributed by atoms with E-state index in [1.807, 2.05) is 11.3 Å². The van der Waals surface area contributed by atoms with Crippen molar-refractivity contribution < 1.29 is 0 Å². The van der Waals surface area contributed by atoms with Gasteiger partial charge in [-0.15, -0.1) is 11.3 Å². The Bertz CT molecular complexity index is 347. The van der Waals surface area contributed by atoms with E-state index in [1.54, 1.807) is 0 Å². The highest BCUT2D eigenvalue weighted by atomic mass is 79.9. The molecule has 1 heterocycles. The molecule has 0 unspecified atom stereocenters. The molecule has 0 radical (unpaired) electrons. The van der Waals surface area contributed by atoms with Crippen LogP contribution >= 0.6 is 27.3 Å². The molecular formula is C12H19BrN2S. The summed E-state index contributed by atoms with van der Waals surface area (Å²) in [4.78, 5) is 3.88. The second-order valence-corrected chi connectivity index (χ2v) is 7.45. The minimum absolute atomic E-state index is 0.463. The van der Waals surface area contributed by atoms with Crippen molar-refractivity contribution in [1.82, 2.24) is 4.90 Å². The van der Waals surface area contributed by atoms with Crippen LogP contribution in [0, 0.1) is 5.41 Å². The molecule has 2 N–H and O–H groups in total. The molecule has 0 amide bonds. The van der Waals surface area contributed by atoms with E-state index < -0.39 is 0 Å². The van der Waals surface area contributed by atoms with Crippen LogP contribution in [0.4, 0.5) is 0 Å². The maximum Gasteiger partial charge on any atom is 0.0701 e. The highest BCUT2D eigenvalue weighted by molar-refractivity contribution is 9.11. The van der Waals surface area contributed by atoms with Crippen molar-refractivity contribution in [2.24, 2.45) is 11.1 Å². The van der Waals surface area contributed by atoms with Crippen LogP contribution in [0.3, 0.4) is 0 Å². The zero-order valence-electron chi connectivity index (χ0n) is 9.71. The number of nitrogens with zero attached hydrogens (tertiary/aromatic N) is 1. The lowest BCUT2D eigenvalue weighted by molar-refractivity contribution is 0.269. The molecule has 0 spiro atoms. The van der Waals surface area contributed by atoms with Crippen molar-refractivity contribution in [3.05, 3.63) is 20.8 Å². The van der Waals surface area contributed by atoms with Crippen molar-refractivity contribution in [1.29, 1.82) is 0 Å². The molecule has 1 fully saturated rings. The van der Waals surface area contributed by atoms with Crippen molar-refractivity contribution >= 4 is 27.3 Å². The van der Waals surface area contributed by atoms with Gasteiger partial charge in [0.2, 0.25) is 0 Å². The minimum atomic E-state index is 0.463. The van der Waals surface area contributed by atoms with Gasteiger partial charge in [-0.1, -0.05) is 0 Å². The fourth-order valence-electron chi connectivity index (χ4n) is 2.04. The van der Waals surface area contributed by atoms with Gasteiger partial charge < -0.3 is 10.6 Å². The van der Waals surface area contributed by atoms with Crippen LogP contribution in [0.15, 0.2) is 15.9 Å². The number of hydrogen-bond donors (Lipinski definition) is 1. The van der Waals surface area contributed by atoms with E-state index in [4.69, 9.17) is 5.73 Å². The average molecular weight is 303 g/mol. The standard InChI is InChI=1S/C12H19BrN2S/c1-15(9-12(8-14)5-6-12)7-4-10-2-3-11(13)16-10/h2-3H,4-9,14H2,1H3. The molecule has 0 atom stereocenters. The smallest absolute Gasteiger partial charge is 0.0701 e. The molecule has 2 nitrogen and oxygen atoms in total. The van der Waals surface area contributed by atoms with Gasteiger partial charge in [0.1, 0.15) is 0 Å². The fourth-order valence-corrected chi connectivity index (χ4v) is 3.51. The first-order valence-electron chi connectivity index (χ1n) is 5.76. The van der Waals surface area contributed by atoms with Crippen LogP contribution in [0.5, 0.6) is 0 Å². The molecular weight excluding hydrogens is 284 g/mol. The third-order valence-electron chi connectivity index (χ3n) is 3.36. The molecule has 1 aliphatic carbocycles. The Morgan fingerprint density at radius 2 is 2.25 bits per heavy atom. The molecule has 16 heavy (non-hydrogen) atoms. The summed E-state index contributed by atoms with van der Waals surface area (Å²) in [6.07, 6.45) is 3.78. The van der Waals surface area contributed by atoms with Crippen molar-refractivity contribution in [2.45, 2.75) is 19.3 Å². The van der Waals surface area contributed by atoms with Crippen LogP contribution in [0.1, 0.15) is 17.7 Å².